The minimum Gasteiger partial charge on any atom is -0.449 e. The molecule has 0 radical (unpaired) electrons. The van der Waals surface area contributed by atoms with Gasteiger partial charge in [-0.05, 0) is 56.5 Å². The Bertz CT molecular complexity index is 1060. The summed E-state index contributed by atoms with van der Waals surface area (Å²) < 4.78 is 5.13. The van der Waals surface area contributed by atoms with Crippen molar-refractivity contribution in [3.05, 3.63) is 40.0 Å². The van der Waals surface area contributed by atoms with Gasteiger partial charge in [-0.15, -0.1) is 0 Å². The van der Waals surface area contributed by atoms with E-state index in [-0.39, 0.29) is 25.6 Å². The number of benzene rings is 1. The zero-order valence-corrected chi connectivity index (χ0v) is 18.8. The molecule has 170 valence electrons. The van der Waals surface area contributed by atoms with Crippen LogP contribution in [0.5, 0.6) is 0 Å². The lowest BCUT2D eigenvalue weighted by molar-refractivity contribution is -0.0669. The van der Waals surface area contributed by atoms with E-state index < -0.39 is 18.5 Å². The Hall–Kier alpha value is -2.71. The monoisotopic (exact) mass is 458 g/mol. The third kappa shape index (κ3) is 4.17. The smallest absolute Gasteiger partial charge is 0.413 e. The molecule has 2 aromatic rings. The van der Waals surface area contributed by atoms with Crippen molar-refractivity contribution in [1.29, 1.82) is 0 Å². The fraction of sp³-hybridized carbons (Fsp3) is 0.478. The Kier molecular flexibility index (Phi) is 6.62. The van der Waals surface area contributed by atoms with Gasteiger partial charge in [0.2, 0.25) is 0 Å². The summed E-state index contributed by atoms with van der Waals surface area (Å²) in [6.07, 6.45) is 1.96. The van der Waals surface area contributed by atoms with Crippen LogP contribution in [0.3, 0.4) is 0 Å². The number of pyridine rings is 1. The Morgan fingerprint density at radius 3 is 2.84 bits per heavy atom. The predicted octanol–water partition coefficient (Wildman–Crippen LogP) is 3.42. The summed E-state index contributed by atoms with van der Waals surface area (Å²) in [4.78, 5) is 36.8. The maximum atomic E-state index is 13.2. The SMILES string of the molecule is C=NC1CN(C(=O)c2ccc3c(Cl)c4c(nc3c2)CCCC4)CC(O)N1C(=O)OCCC. The maximum absolute atomic E-state index is 13.2. The Labute approximate surface area is 191 Å². The highest BCUT2D eigenvalue weighted by molar-refractivity contribution is 6.36. The molecule has 1 aliphatic heterocycles. The molecule has 2 atom stereocenters. The van der Waals surface area contributed by atoms with Gasteiger partial charge in [-0.3, -0.25) is 19.7 Å². The van der Waals surface area contributed by atoms with Gasteiger partial charge in [0.15, 0.2) is 6.23 Å². The van der Waals surface area contributed by atoms with E-state index >= 15 is 0 Å². The van der Waals surface area contributed by atoms with Crippen LogP contribution in [0.2, 0.25) is 5.02 Å². The molecule has 1 saturated heterocycles. The first-order chi connectivity index (χ1) is 15.4. The summed E-state index contributed by atoms with van der Waals surface area (Å²) >= 11 is 6.64. The van der Waals surface area contributed by atoms with Crippen molar-refractivity contribution in [3.63, 3.8) is 0 Å². The molecule has 2 amide bonds. The molecule has 8 nitrogen and oxygen atoms in total. The predicted molar refractivity (Wildman–Crippen MR) is 122 cm³/mol. The fourth-order valence-corrected chi connectivity index (χ4v) is 4.71. The summed E-state index contributed by atoms with van der Waals surface area (Å²) in [5.74, 6) is -0.281. The lowest BCUT2D eigenvalue weighted by atomic mass is 9.94. The van der Waals surface area contributed by atoms with E-state index in [1.165, 1.54) is 4.90 Å². The van der Waals surface area contributed by atoms with Crippen molar-refractivity contribution in [2.45, 2.75) is 51.4 Å². The molecule has 1 aromatic carbocycles. The third-order valence-corrected chi connectivity index (χ3v) is 6.42. The minimum atomic E-state index is -1.24. The van der Waals surface area contributed by atoms with Crippen LogP contribution in [-0.2, 0) is 17.6 Å². The van der Waals surface area contributed by atoms with Crippen LogP contribution < -0.4 is 0 Å². The van der Waals surface area contributed by atoms with Crippen molar-refractivity contribution in [2.24, 2.45) is 4.99 Å². The van der Waals surface area contributed by atoms with E-state index in [4.69, 9.17) is 21.3 Å². The molecule has 4 rings (SSSR count). The second-order valence-corrected chi connectivity index (χ2v) is 8.54. The zero-order chi connectivity index (χ0) is 22.8. The average molecular weight is 459 g/mol. The molecular formula is C23H27ClN4O4. The zero-order valence-electron chi connectivity index (χ0n) is 18.1. The first-order valence-corrected chi connectivity index (χ1v) is 11.3. The number of halogens is 1. The molecule has 9 heteroatoms. The Balaban J connectivity index is 1.57. The van der Waals surface area contributed by atoms with Crippen LogP contribution in [0, 0.1) is 0 Å². The van der Waals surface area contributed by atoms with Crippen LogP contribution in [0.4, 0.5) is 4.79 Å². The highest BCUT2D eigenvalue weighted by Gasteiger charge is 2.39. The molecule has 1 aliphatic carbocycles. The number of hydrogen-bond acceptors (Lipinski definition) is 6. The van der Waals surface area contributed by atoms with E-state index in [1.54, 1.807) is 12.1 Å². The topological polar surface area (TPSA) is 95.3 Å². The van der Waals surface area contributed by atoms with Gasteiger partial charge in [0.1, 0.15) is 6.17 Å². The number of ether oxygens (including phenoxy) is 1. The molecule has 2 aliphatic rings. The van der Waals surface area contributed by atoms with Gasteiger partial charge in [-0.2, -0.15) is 0 Å². The third-order valence-electron chi connectivity index (χ3n) is 5.99. The number of amides is 2. The van der Waals surface area contributed by atoms with E-state index in [9.17, 15) is 14.7 Å². The molecular weight excluding hydrogens is 432 g/mol. The number of aliphatic hydroxyl groups is 1. The minimum absolute atomic E-state index is 0.0531. The number of hydrogen-bond donors (Lipinski definition) is 1. The number of fused-ring (bicyclic) bond motifs is 2. The number of rotatable bonds is 4. The van der Waals surface area contributed by atoms with Crippen molar-refractivity contribution in [3.8, 4) is 0 Å². The fourth-order valence-electron chi connectivity index (χ4n) is 4.34. The lowest BCUT2D eigenvalue weighted by Crippen LogP contribution is -2.61. The molecule has 1 aromatic heterocycles. The number of aromatic nitrogens is 1. The van der Waals surface area contributed by atoms with E-state index in [2.05, 4.69) is 11.7 Å². The van der Waals surface area contributed by atoms with Crippen LogP contribution in [0.15, 0.2) is 23.2 Å². The van der Waals surface area contributed by atoms with E-state index in [1.807, 2.05) is 13.0 Å². The second kappa shape index (κ2) is 9.42. The normalized spacial score (nSPS) is 20.7. The molecule has 1 fully saturated rings. The second-order valence-electron chi connectivity index (χ2n) is 8.17. The first-order valence-electron chi connectivity index (χ1n) is 10.9. The molecule has 32 heavy (non-hydrogen) atoms. The molecule has 0 spiro atoms. The van der Waals surface area contributed by atoms with Gasteiger partial charge >= 0.3 is 6.09 Å². The summed E-state index contributed by atoms with van der Waals surface area (Å²) in [5.41, 5.74) is 3.23. The molecule has 1 N–H and O–H groups in total. The number of carbonyl (C=O) groups excluding carboxylic acids is 2. The van der Waals surface area contributed by atoms with Crippen LogP contribution in [0.1, 0.15) is 47.8 Å². The highest BCUT2D eigenvalue weighted by atomic mass is 35.5. The van der Waals surface area contributed by atoms with Gasteiger partial charge in [0, 0.05) is 16.6 Å². The Morgan fingerprint density at radius 2 is 2.09 bits per heavy atom. The largest absolute Gasteiger partial charge is 0.449 e. The summed E-state index contributed by atoms with van der Waals surface area (Å²) in [7, 11) is 0. The van der Waals surface area contributed by atoms with E-state index in [0.29, 0.717) is 22.5 Å². The van der Waals surface area contributed by atoms with Crippen LogP contribution in [0.25, 0.3) is 10.9 Å². The number of nitrogens with zero attached hydrogens (tertiary/aromatic N) is 4. The quantitative estimate of drug-likeness (QED) is 0.708. The van der Waals surface area contributed by atoms with Gasteiger partial charge in [0.25, 0.3) is 5.91 Å². The first kappa shape index (κ1) is 22.5. The van der Waals surface area contributed by atoms with E-state index in [0.717, 1.165) is 47.2 Å². The molecule has 2 unspecified atom stereocenters. The van der Waals surface area contributed by atoms with Gasteiger partial charge < -0.3 is 14.7 Å². The summed E-state index contributed by atoms with van der Waals surface area (Å²) in [6, 6.07) is 5.28. The maximum Gasteiger partial charge on any atom is 0.413 e. The van der Waals surface area contributed by atoms with Crippen LogP contribution in [-0.4, -0.2) is 70.7 Å². The van der Waals surface area contributed by atoms with Crippen molar-refractivity contribution >= 4 is 41.2 Å². The summed E-state index contributed by atoms with van der Waals surface area (Å²) in [6.45, 7) is 5.69. The number of β-amino-alcohol motifs (C(OH)–C–C–N with tert-alkyl or cyclic N) is 1. The standard InChI is InChI=1S/C23H27ClN4O4/c1-3-10-32-23(31)28-19(25-2)12-27(13-20(28)29)22(30)14-8-9-16-18(11-14)26-17-7-5-4-6-15(17)21(16)24/h8-9,11,19-20,29H,2-7,10,12-13H2,1H3. The lowest BCUT2D eigenvalue weighted by Gasteiger charge is -2.41. The average Bonchev–Trinajstić information content (AvgIpc) is 2.81. The summed E-state index contributed by atoms with van der Waals surface area (Å²) in [5, 5.41) is 12.1. The van der Waals surface area contributed by atoms with Gasteiger partial charge in [0.05, 0.1) is 30.2 Å². The van der Waals surface area contributed by atoms with Crippen molar-refractivity contribution < 1.29 is 19.4 Å². The molecule has 0 saturated carbocycles. The molecule has 0 bridgehead atoms. The van der Waals surface area contributed by atoms with Gasteiger partial charge in [-0.25, -0.2) is 4.79 Å². The Morgan fingerprint density at radius 1 is 1.31 bits per heavy atom. The van der Waals surface area contributed by atoms with Gasteiger partial charge in [-0.1, -0.05) is 24.6 Å². The number of piperazine rings is 1. The number of carbonyl (C=O) groups is 2. The van der Waals surface area contributed by atoms with Crippen molar-refractivity contribution in [2.75, 3.05) is 19.7 Å². The van der Waals surface area contributed by atoms with Crippen molar-refractivity contribution in [1.82, 2.24) is 14.8 Å². The number of aryl methyl sites for hydroxylation is 1. The van der Waals surface area contributed by atoms with Crippen LogP contribution >= 0.6 is 11.6 Å². The highest BCUT2D eigenvalue weighted by Crippen LogP contribution is 2.33. The number of aliphatic hydroxyl groups excluding tert-OH is 1. The number of aliphatic imine (C=N–C) groups is 1. The molecule has 2 heterocycles.